The van der Waals surface area contributed by atoms with E-state index >= 15 is 0 Å². The highest BCUT2D eigenvalue weighted by Gasteiger charge is 2.14. The van der Waals surface area contributed by atoms with Crippen LogP contribution in [-0.2, 0) is 14.8 Å². The summed E-state index contributed by atoms with van der Waals surface area (Å²) in [5, 5.41) is 13.3. The summed E-state index contributed by atoms with van der Waals surface area (Å²) in [6, 6.07) is 12.5. The van der Waals surface area contributed by atoms with E-state index in [0.717, 1.165) is 4.47 Å². The molecule has 3 N–H and O–H groups in total. The predicted octanol–water partition coefficient (Wildman–Crippen LogP) is 1.58. The van der Waals surface area contributed by atoms with E-state index in [0.29, 0.717) is 5.56 Å². The average molecular weight is 412 g/mol. The lowest BCUT2D eigenvalue weighted by molar-refractivity contribution is -0.119. The Morgan fingerprint density at radius 2 is 1.92 bits per heavy atom. The first-order chi connectivity index (χ1) is 11.4. The Labute approximate surface area is 147 Å². The summed E-state index contributed by atoms with van der Waals surface area (Å²) in [7, 11) is -3.75. The van der Waals surface area contributed by atoms with Crippen LogP contribution in [0.15, 0.2) is 63.0 Å². The van der Waals surface area contributed by atoms with Crippen LogP contribution in [0.4, 0.5) is 0 Å². The van der Waals surface area contributed by atoms with Crippen molar-refractivity contribution in [1.82, 2.24) is 10.1 Å². The molecule has 0 heterocycles. The topological polar surface area (TPSA) is 108 Å². The van der Waals surface area contributed by atoms with E-state index in [4.69, 9.17) is 0 Å². The molecule has 0 aliphatic carbocycles. The number of sulfonamides is 1. The number of nitrogens with one attached hydrogen (secondary N) is 2. The number of hydrazone groups is 1. The standard InChI is InChI=1S/C15H14BrN3O4S/c16-12-6-7-14(20)11(8-12)9-17-19-15(21)10-18-24(22,23)13-4-2-1-3-5-13/h1-9,18,20H,10H2,(H,19,21)/b17-9-. The van der Waals surface area contributed by atoms with Gasteiger partial charge in [-0.3, -0.25) is 4.79 Å². The van der Waals surface area contributed by atoms with Gasteiger partial charge in [0.25, 0.3) is 5.91 Å². The van der Waals surface area contributed by atoms with Crippen molar-refractivity contribution >= 4 is 38.1 Å². The number of aromatic hydroxyl groups is 1. The fourth-order valence-electron chi connectivity index (χ4n) is 1.69. The summed E-state index contributed by atoms with van der Waals surface area (Å²) in [5.41, 5.74) is 2.58. The van der Waals surface area contributed by atoms with Gasteiger partial charge in [-0.2, -0.15) is 5.10 Å². The van der Waals surface area contributed by atoms with Gasteiger partial charge >= 0.3 is 0 Å². The third-order valence-electron chi connectivity index (χ3n) is 2.86. The largest absolute Gasteiger partial charge is 0.507 e. The Morgan fingerprint density at radius 1 is 1.21 bits per heavy atom. The molecule has 0 atom stereocenters. The zero-order valence-corrected chi connectivity index (χ0v) is 14.7. The number of phenolic OH excluding ortho intramolecular Hbond substituents is 1. The van der Waals surface area contributed by atoms with Gasteiger partial charge in [0, 0.05) is 10.0 Å². The van der Waals surface area contributed by atoms with Crippen LogP contribution in [0.5, 0.6) is 5.75 Å². The Kier molecular flexibility index (Phi) is 6.07. The molecule has 0 aromatic heterocycles. The number of carbonyl (C=O) groups excluding carboxylic acids is 1. The van der Waals surface area contributed by atoms with E-state index < -0.39 is 22.5 Å². The number of hydrogen-bond acceptors (Lipinski definition) is 5. The molecule has 0 unspecified atom stereocenters. The van der Waals surface area contributed by atoms with Crippen LogP contribution in [0.2, 0.25) is 0 Å². The van der Waals surface area contributed by atoms with Crippen molar-refractivity contribution in [3.63, 3.8) is 0 Å². The zero-order valence-electron chi connectivity index (χ0n) is 12.3. The first kappa shape index (κ1) is 18.1. The van der Waals surface area contributed by atoms with Crippen molar-refractivity contribution in [1.29, 1.82) is 0 Å². The monoisotopic (exact) mass is 411 g/mol. The number of amides is 1. The van der Waals surface area contributed by atoms with E-state index in [9.17, 15) is 18.3 Å². The van der Waals surface area contributed by atoms with Crippen molar-refractivity contribution in [2.75, 3.05) is 6.54 Å². The molecule has 0 saturated heterocycles. The summed E-state index contributed by atoms with van der Waals surface area (Å²) in [6.45, 7) is -0.459. The van der Waals surface area contributed by atoms with Crippen LogP contribution in [0.25, 0.3) is 0 Å². The minimum atomic E-state index is -3.75. The van der Waals surface area contributed by atoms with Crippen molar-refractivity contribution in [3.05, 3.63) is 58.6 Å². The maximum atomic E-state index is 11.9. The molecule has 126 valence electrons. The number of benzene rings is 2. The van der Waals surface area contributed by atoms with Crippen molar-refractivity contribution < 1.29 is 18.3 Å². The lowest BCUT2D eigenvalue weighted by Gasteiger charge is -2.05. The van der Waals surface area contributed by atoms with E-state index in [-0.39, 0.29) is 10.6 Å². The SMILES string of the molecule is O=C(CNS(=O)(=O)c1ccccc1)N/N=C\c1cc(Br)ccc1O. The lowest BCUT2D eigenvalue weighted by atomic mass is 10.2. The lowest BCUT2D eigenvalue weighted by Crippen LogP contribution is -2.34. The van der Waals surface area contributed by atoms with E-state index in [1.165, 1.54) is 24.4 Å². The minimum absolute atomic E-state index is 0.000907. The number of hydrogen-bond donors (Lipinski definition) is 3. The van der Waals surface area contributed by atoms with Crippen molar-refractivity contribution in [2.45, 2.75) is 4.90 Å². The van der Waals surface area contributed by atoms with Crippen LogP contribution < -0.4 is 10.1 Å². The van der Waals surface area contributed by atoms with Gasteiger partial charge in [-0.1, -0.05) is 34.1 Å². The summed E-state index contributed by atoms with van der Waals surface area (Å²) < 4.78 is 26.8. The molecular weight excluding hydrogens is 398 g/mol. The highest BCUT2D eigenvalue weighted by molar-refractivity contribution is 9.10. The first-order valence-electron chi connectivity index (χ1n) is 6.73. The van der Waals surface area contributed by atoms with Crippen LogP contribution in [0.3, 0.4) is 0 Å². The zero-order chi connectivity index (χ0) is 17.6. The molecule has 9 heteroatoms. The van der Waals surface area contributed by atoms with Crippen LogP contribution >= 0.6 is 15.9 Å². The molecule has 24 heavy (non-hydrogen) atoms. The van der Waals surface area contributed by atoms with Gasteiger partial charge in [0.1, 0.15) is 5.75 Å². The first-order valence-corrected chi connectivity index (χ1v) is 9.01. The fourth-order valence-corrected chi connectivity index (χ4v) is 3.07. The van der Waals surface area contributed by atoms with Crippen LogP contribution in [0, 0.1) is 0 Å². The Morgan fingerprint density at radius 3 is 2.62 bits per heavy atom. The molecule has 0 radical (unpaired) electrons. The third-order valence-corrected chi connectivity index (χ3v) is 4.77. The van der Waals surface area contributed by atoms with Crippen LogP contribution in [-0.4, -0.2) is 32.2 Å². The third kappa shape index (κ3) is 5.15. The molecule has 0 aliphatic heterocycles. The second kappa shape index (κ2) is 8.04. The van der Waals surface area contributed by atoms with Gasteiger partial charge in [0.15, 0.2) is 0 Å². The highest BCUT2D eigenvalue weighted by Crippen LogP contribution is 2.19. The Hall–Kier alpha value is -2.23. The van der Waals surface area contributed by atoms with Crippen molar-refractivity contribution in [2.24, 2.45) is 5.10 Å². The van der Waals surface area contributed by atoms with E-state index in [1.807, 2.05) is 0 Å². The van der Waals surface area contributed by atoms with Gasteiger partial charge in [-0.25, -0.2) is 18.6 Å². The molecular formula is C15H14BrN3O4S. The Balaban J connectivity index is 1.90. The molecule has 0 saturated carbocycles. The Bertz CT molecular complexity index is 854. The molecule has 7 nitrogen and oxygen atoms in total. The maximum Gasteiger partial charge on any atom is 0.255 e. The van der Waals surface area contributed by atoms with Crippen LogP contribution in [0.1, 0.15) is 5.56 Å². The number of halogens is 1. The minimum Gasteiger partial charge on any atom is -0.507 e. The molecule has 2 aromatic carbocycles. The maximum absolute atomic E-state index is 11.9. The van der Waals surface area contributed by atoms with Gasteiger partial charge in [0.05, 0.1) is 17.7 Å². The van der Waals surface area contributed by atoms with E-state index in [2.05, 4.69) is 31.2 Å². The molecule has 2 rings (SSSR count). The van der Waals surface area contributed by atoms with E-state index in [1.54, 1.807) is 30.3 Å². The normalized spacial score (nSPS) is 11.5. The second-order valence-corrected chi connectivity index (χ2v) is 7.32. The average Bonchev–Trinajstić information content (AvgIpc) is 2.57. The predicted molar refractivity (Wildman–Crippen MR) is 93.2 cm³/mol. The quantitative estimate of drug-likeness (QED) is 0.495. The summed E-state index contributed by atoms with van der Waals surface area (Å²) >= 11 is 3.25. The van der Waals surface area contributed by atoms with Crippen molar-refractivity contribution in [3.8, 4) is 5.75 Å². The number of phenols is 1. The molecule has 2 aromatic rings. The summed E-state index contributed by atoms with van der Waals surface area (Å²) in [6.07, 6.45) is 1.25. The van der Waals surface area contributed by atoms with Gasteiger partial charge in [0.2, 0.25) is 10.0 Å². The summed E-state index contributed by atoms with van der Waals surface area (Å²) in [5.74, 6) is -0.638. The van der Waals surface area contributed by atoms with Gasteiger partial charge < -0.3 is 5.11 Å². The molecule has 1 amide bonds. The van der Waals surface area contributed by atoms with Gasteiger partial charge in [-0.05, 0) is 30.3 Å². The number of carbonyl (C=O) groups is 1. The molecule has 0 fully saturated rings. The molecule has 0 bridgehead atoms. The summed E-state index contributed by atoms with van der Waals surface area (Å²) in [4.78, 5) is 11.7. The molecule has 0 spiro atoms. The smallest absolute Gasteiger partial charge is 0.255 e. The highest BCUT2D eigenvalue weighted by atomic mass is 79.9. The molecule has 0 aliphatic rings. The number of nitrogens with zero attached hydrogens (tertiary/aromatic N) is 1. The number of rotatable bonds is 6. The second-order valence-electron chi connectivity index (χ2n) is 4.63. The fraction of sp³-hybridized carbons (Fsp3) is 0.0667. The van der Waals surface area contributed by atoms with Gasteiger partial charge in [-0.15, -0.1) is 0 Å².